The van der Waals surface area contributed by atoms with E-state index in [2.05, 4.69) is 44.2 Å². The van der Waals surface area contributed by atoms with Gasteiger partial charge in [-0.05, 0) is 67.0 Å². The van der Waals surface area contributed by atoms with Gasteiger partial charge in [0, 0.05) is 140 Å². The van der Waals surface area contributed by atoms with Crippen molar-refractivity contribution in [2.75, 3.05) is 7.11 Å². The molecule has 8 aromatic rings. The third-order valence-electron chi connectivity index (χ3n) is 7.64. The molecule has 0 aliphatic heterocycles. The van der Waals surface area contributed by atoms with Crippen LogP contribution < -0.4 is 4.74 Å². The molecule has 7 nitrogen and oxygen atoms in total. The molecule has 4 radical (unpaired) electrons. The summed E-state index contributed by atoms with van der Waals surface area (Å²) in [6, 6.07) is 45.8. The molecule has 0 bridgehead atoms. The monoisotopic (exact) mass is 1610 g/mol. The zero-order valence-corrected chi connectivity index (χ0v) is 44.4. The predicted octanol–water partition coefficient (Wildman–Crippen LogP) is 11.9. The van der Waals surface area contributed by atoms with E-state index in [1.165, 1.54) is 56.3 Å². The number of methoxy groups -OCH3 is 1. The number of aliphatic hydroxyl groups is 1. The summed E-state index contributed by atoms with van der Waals surface area (Å²) in [5.74, 6) is -1.49. The fourth-order valence-corrected chi connectivity index (χ4v) is 4.87. The van der Waals surface area contributed by atoms with E-state index in [9.17, 15) is 26.7 Å². The Labute approximate surface area is 434 Å². The first-order valence-corrected chi connectivity index (χ1v) is 18.4. The van der Waals surface area contributed by atoms with Crippen molar-refractivity contribution in [3.63, 3.8) is 0 Å². The fraction of sp³-hybridized carbons (Fsp3) is 0.0600. The summed E-state index contributed by atoms with van der Waals surface area (Å²) in [5, 5.41) is 8.36. The molecule has 0 aliphatic carbocycles. The predicted molar refractivity (Wildman–Crippen MR) is 227 cm³/mol. The number of aromatic nitrogens is 4. The van der Waals surface area contributed by atoms with Gasteiger partial charge in [0.25, 0.3) is 0 Å². The average molecular weight is 1610 g/mol. The van der Waals surface area contributed by atoms with E-state index in [4.69, 9.17) is 9.84 Å². The van der Waals surface area contributed by atoms with Gasteiger partial charge in [0.05, 0.1) is 12.9 Å². The number of benzene rings is 4. The van der Waals surface area contributed by atoms with E-state index >= 15 is 0 Å². The quantitative estimate of drug-likeness (QED) is 0.0766. The van der Waals surface area contributed by atoms with E-state index in [-0.39, 0.29) is 115 Å². The molecule has 0 atom stereocenters. The Morgan fingerprint density at radius 2 is 0.924 bits per heavy atom. The molecule has 1 N–H and O–H groups in total. The van der Waals surface area contributed by atoms with Crippen LogP contribution >= 0.6 is 0 Å². The van der Waals surface area contributed by atoms with Gasteiger partial charge in [0.15, 0.2) is 5.78 Å². The minimum atomic E-state index is -0.649. The molecule has 66 heavy (non-hydrogen) atoms. The van der Waals surface area contributed by atoms with Gasteiger partial charge >= 0.3 is 0 Å². The number of hydrogen-bond acceptors (Lipinski definition) is 7. The molecule has 0 aliphatic rings. The van der Waals surface area contributed by atoms with Gasteiger partial charge in [-0.15, -0.1) is 102 Å². The number of aliphatic hydroxyl groups excluding tert-OH is 1. The fourth-order valence-electron chi connectivity index (χ4n) is 4.87. The number of carbonyl (C=O) groups is 1. The summed E-state index contributed by atoms with van der Waals surface area (Å²) in [6.07, 6.45) is 7.76. The summed E-state index contributed by atoms with van der Waals surface area (Å²) in [6.45, 7) is 2.85. The maximum atomic E-state index is 13.2. The second-order valence-electron chi connectivity index (χ2n) is 12.4. The normalized spacial score (nSPS) is 9.55. The van der Waals surface area contributed by atoms with Gasteiger partial charge in [-0.3, -0.25) is 26.7 Å². The average Bonchev–Trinajstić information content (AvgIpc) is 3.28. The Kier molecular flexibility index (Phi) is 30.6. The molecule has 0 amide bonds. The molecule has 0 unspecified atom stereocenters. The van der Waals surface area contributed by atoms with E-state index in [0.717, 1.165) is 46.0 Å². The molecule has 4 aromatic carbocycles. The van der Waals surface area contributed by atoms with Crippen LogP contribution in [0, 0.1) is 53.4 Å². The first-order chi connectivity index (χ1) is 29.9. The van der Waals surface area contributed by atoms with Crippen molar-refractivity contribution >= 4 is 5.78 Å². The number of ketones is 1. The van der Waals surface area contributed by atoms with Crippen molar-refractivity contribution in [2.24, 2.45) is 0 Å². The smallest absolute Gasteiger partial charge is 0.155 e. The summed E-state index contributed by atoms with van der Waals surface area (Å²) >= 11 is 0. The summed E-state index contributed by atoms with van der Waals surface area (Å²) < 4.78 is 68.6. The third-order valence-corrected chi connectivity index (χ3v) is 7.64. The van der Waals surface area contributed by atoms with Crippen LogP contribution in [0.3, 0.4) is 0 Å². The van der Waals surface area contributed by atoms with E-state index in [1.807, 2.05) is 36.4 Å². The van der Waals surface area contributed by atoms with Crippen molar-refractivity contribution in [3.05, 3.63) is 223 Å². The van der Waals surface area contributed by atoms with E-state index < -0.39 is 11.6 Å². The Bertz CT molecular complexity index is 2520. The maximum absolute atomic E-state index is 13.2. The molecule has 0 fully saturated rings. The minimum Gasteiger partial charge on any atom is -0.512 e. The second-order valence-corrected chi connectivity index (χ2v) is 12.4. The van der Waals surface area contributed by atoms with Crippen LogP contribution in [0.1, 0.15) is 13.8 Å². The van der Waals surface area contributed by atoms with E-state index in [0.29, 0.717) is 11.4 Å². The van der Waals surface area contributed by atoms with Crippen LogP contribution in [0.5, 0.6) is 5.75 Å². The molecule has 350 valence electrons. The number of carbonyl (C=O) groups excluding carboxylic acids is 1. The number of rotatable bonds is 6. The topological polar surface area (TPSA) is 98.1 Å². The van der Waals surface area contributed by atoms with Crippen LogP contribution in [-0.4, -0.2) is 37.9 Å². The first-order valence-electron chi connectivity index (χ1n) is 18.4. The number of halogens is 5. The van der Waals surface area contributed by atoms with Gasteiger partial charge in [-0.2, -0.15) is 0 Å². The molecule has 0 saturated carbocycles. The van der Waals surface area contributed by atoms with Gasteiger partial charge in [0.1, 0.15) is 5.75 Å². The van der Waals surface area contributed by atoms with Crippen molar-refractivity contribution in [2.45, 2.75) is 13.8 Å². The summed E-state index contributed by atoms with van der Waals surface area (Å²) in [7, 11) is 1.59. The molecule has 4 aromatic heterocycles. The SMILES string of the molecule is CC(=O)C=C(C)O.COc1ccnc(-c2[c-]cc(F)cc2)c1.Fc1c[c-]c(-c2ccccn2)c(F)c1.Fc1c[c-]c(-c2ccccn2)cc1.Fc1c[c-]c(-c2ccccn2)cc1.[Ir].[Ir].[Ir].[Ir]. The number of hydrogen-bond donors (Lipinski definition) is 1. The van der Waals surface area contributed by atoms with Gasteiger partial charge in [-0.1, -0.05) is 48.0 Å². The number of allylic oxidation sites excluding steroid dienone is 2. The standard InChI is InChI=1S/C12H9FNO.C11H6F2N.2C11H7FN.C5H8O2.4Ir/c1-15-11-6-7-14-12(8-11)9-2-4-10(13)5-3-9;12-8-4-5-9(10(13)7-8)11-3-1-2-6-14-11;2*12-10-6-4-9(5-7-10)11-3-1-2-8-13-11;1-4(6)3-5(2)7;;;;/h2,4-8H,1H3;1-4,6-7H;2*1-4,6-8H;3,6H,1-2H3;;;;/q4*-1;;;;;. The Morgan fingerprint density at radius 3 is 1.26 bits per heavy atom. The van der Waals surface area contributed by atoms with Crippen molar-refractivity contribution < 1.29 is 117 Å². The summed E-state index contributed by atoms with van der Waals surface area (Å²) in [4.78, 5) is 26.4. The Morgan fingerprint density at radius 1 is 0.515 bits per heavy atom. The molecule has 0 saturated heterocycles. The molecule has 16 heteroatoms. The zero-order valence-electron chi connectivity index (χ0n) is 34.9. The second kappa shape index (κ2) is 33.2. The van der Waals surface area contributed by atoms with Gasteiger partial charge in [0.2, 0.25) is 0 Å². The largest absolute Gasteiger partial charge is 0.512 e. The molecule has 8 rings (SSSR count). The number of nitrogens with zero attached hydrogens (tertiary/aromatic N) is 4. The maximum Gasteiger partial charge on any atom is 0.155 e. The zero-order chi connectivity index (χ0) is 44.7. The molecular weight excluding hydrogens is 1570 g/mol. The van der Waals surface area contributed by atoms with Gasteiger partial charge < -0.3 is 29.8 Å². The van der Waals surface area contributed by atoms with Crippen LogP contribution in [0.25, 0.3) is 45.0 Å². The Balaban J connectivity index is 0.000000801. The molecule has 0 spiro atoms. The van der Waals surface area contributed by atoms with Crippen molar-refractivity contribution in [3.8, 4) is 50.8 Å². The molecule has 4 heterocycles. The third kappa shape index (κ3) is 22.3. The Hall–Kier alpha value is -5.26. The number of ether oxygens (including phenoxy) is 1. The first kappa shape index (κ1) is 60.7. The van der Waals surface area contributed by atoms with Crippen LogP contribution in [0.15, 0.2) is 170 Å². The van der Waals surface area contributed by atoms with Crippen LogP contribution in [-0.2, 0) is 85.2 Å². The van der Waals surface area contributed by atoms with Crippen molar-refractivity contribution in [1.82, 2.24) is 19.9 Å². The minimum absolute atomic E-state index is 0. The summed E-state index contributed by atoms with van der Waals surface area (Å²) in [5.41, 5.74) is 5.33. The van der Waals surface area contributed by atoms with E-state index in [1.54, 1.807) is 80.4 Å². The molecular formula is C50H37F5Ir4N4O3-4. The number of pyridine rings is 4. The van der Waals surface area contributed by atoms with Crippen LogP contribution in [0.4, 0.5) is 22.0 Å². The van der Waals surface area contributed by atoms with Crippen LogP contribution in [0.2, 0.25) is 0 Å². The van der Waals surface area contributed by atoms with Crippen molar-refractivity contribution in [1.29, 1.82) is 0 Å². The van der Waals surface area contributed by atoms with Gasteiger partial charge in [-0.25, -0.2) is 0 Å².